The van der Waals surface area contributed by atoms with Gasteiger partial charge in [-0.05, 0) is 30.6 Å². The molecule has 0 radical (unpaired) electrons. The van der Waals surface area contributed by atoms with Crippen molar-refractivity contribution in [1.29, 1.82) is 0 Å². The van der Waals surface area contributed by atoms with Gasteiger partial charge in [-0.3, -0.25) is 5.32 Å². The predicted octanol–water partition coefficient (Wildman–Crippen LogP) is 4.03. The van der Waals surface area contributed by atoms with Crippen molar-refractivity contribution in [3.63, 3.8) is 0 Å². The lowest BCUT2D eigenvalue weighted by atomic mass is 9.69. The first-order valence-corrected chi connectivity index (χ1v) is 7.88. The molecule has 2 aliphatic rings. The summed E-state index contributed by atoms with van der Waals surface area (Å²) in [6.07, 6.45) is 6.94. The molecule has 1 saturated heterocycles. The summed E-state index contributed by atoms with van der Waals surface area (Å²) in [4.78, 5) is 0.414. The molecule has 94 valence electrons. The molecule has 0 aromatic rings. The van der Waals surface area contributed by atoms with Crippen molar-refractivity contribution in [3.05, 3.63) is 0 Å². The van der Waals surface area contributed by atoms with Gasteiger partial charge >= 0.3 is 0 Å². The summed E-state index contributed by atoms with van der Waals surface area (Å²) in [6.45, 7) is 9.58. The highest BCUT2D eigenvalue weighted by molar-refractivity contribution is 8.00. The molecule has 2 rings (SSSR count). The van der Waals surface area contributed by atoms with Gasteiger partial charge in [0.15, 0.2) is 0 Å². The molecule has 0 aromatic heterocycles. The van der Waals surface area contributed by atoms with Gasteiger partial charge in [-0.2, -0.15) is 0 Å². The molecule has 1 N–H and O–H groups in total. The van der Waals surface area contributed by atoms with Crippen LogP contribution in [-0.4, -0.2) is 16.7 Å². The molecule has 2 heteroatoms. The number of thioether (sulfide) groups is 1. The quantitative estimate of drug-likeness (QED) is 0.744. The maximum atomic E-state index is 3.98. The van der Waals surface area contributed by atoms with Crippen LogP contribution in [0.5, 0.6) is 0 Å². The van der Waals surface area contributed by atoms with Gasteiger partial charge in [0.1, 0.15) is 0 Å². The molecule has 1 aliphatic carbocycles. The van der Waals surface area contributed by atoms with Gasteiger partial charge in [0.05, 0.1) is 4.87 Å². The third kappa shape index (κ3) is 2.28. The van der Waals surface area contributed by atoms with E-state index in [1.54, 1.807) is 0 Å². The zero-order valence-corrected chi connectivity index (χ0v) is 12.1. The topological polar surface area (TPSA) is 12.0 Å². The summed E-state index contributed by atoms with van der Waals surface area (Å²) in [5.74, 6) is 2.17. The molecule has 0 aromatic carbocycles. The predicted molar refractivity (Wildman–Crippen MR) is 73.8 cm³/mol. The van der Waals surface area contributed by atoms with Crippen LogP contribution in [0.2, 0.25) is 0 Å². The van der Waals surface area contributed by atoms with E-state index < -0.39 is 0 Å². The van der Waals surface area contributed by atoms with E-state index in [9.17, 15) is 0 Å². The third-order valence-corrected chi connectivity index (χ3v) is 6.07. The molecule has 0 bridgehead atoms. The summed E-state index contributed by atoms with van der Waals surface area (Å²) in [6, 6.07) is 0.757. The van der Waals surface area contributed by atoms with E-state index >= 15 is 0 Å². The summed E-state index contributed by atoms with van der Waals surface area (Å²) < 4.78 is 0. The lowest BCUT2D eigenvalue weighted by Crippen LogP contribution is -2.53. The van der Waals surface area contributed by atoms with Gasteiger partial charge in [-0.15, -0.1) is 11.8 Å². The van der Waals surface area contributed by atoms with Crippen molar-refractivity contribution in [2.75, 3.05) is 5.75 Å². The minimum Gasteiger partial charge on any atom is -0.299 e. The minimum atomic E-state index is 0.414. The highest BCUT2D eigenvalue weighted by Gasteiger charge is 2.50. The standard InChI is InChI=1S/C14H27NS/c1-5-11-10-16-14(15-11)9-7-6-8-12(14)13(2,3)4/h11-12,15H,5-10H2,1-4H3. The van der Waals surface area contributed by atoms with Crippen molar-refractivity contribution in [1.82, 2.24) is 5.32 Å². The van der Waals surface area contributed by atoms with Crippen LogP contribution in [0.25, 0.3) is 0 Å². The number of hydrogen-bond acceptors (Lipinski definition) is 2. The Morgan fingerprint density at radius 3 is 2.62 bits per heavy atom. The lowest BCUT2D eigenvalue weighted by Gasteiger charge is -2.48. The smallest absolute Gasteiger partial charge is 0.0681 e. The Labute approximate surface area is 105 Å². The minimum absolute atomic E-state index is 0.414. The van der Waals surface area contributed by atoms with Crippen LogP contribution in [0.1, 0.15) is 59.8 Å². The van der Waals surface area contributed by atoms with Gasteiger partial charge in [-0.1, -0.05) is 40.5 Å². The van der Waals surface area contributed by atoms with Crippen molar-refractivity contribution in [3.8, 4) is 0 Å². The zero-order valence-electron chi connectivity index (χ0n) is 11.3. The van der Waals surface area contributed by atoms with Crippen LogP contribution < -0.4 is 5.32 Å². The van der Waals surface area contributed by atoms with Gasteiger partial charge in [-0.25, -0.2) is 0 Å². The van der Waals surface area contributed by atoms with Crippen molar-refractivity contribution >= 4 is 11.8 Å². The fourth-order valence-corrected chi connectivity index (χ4v) is 5.55. The molecule has 0 amide bonds. The van der Waals surface area contributed by atoms with Crippen LogP contribution in [0.4, 0.5) is 0 Å². The van der Waals surface area contributed by atoms with E-state index in [2.05, 4.69) is 44.8 Å². The van der Waals surface area contributed by atoms with Crippen molar-refractivity contribution in [2.45, 2.75) is 70.7 Å². The molecule has 16 heavy (non-hydrogen) atoms. The van der Waals surface area contributed by atoms with E-state index in [-0.39, 0.29) is 0 Å². The maximum absolute atomic E-state index is 3.98. The number of hydrogen-bond donors (Lipinski definition) is 1. The van der Waals surface area contributed by atoms with Crippen LogP contribution in [0, 0.1) is 11.3 Å². The maximum Gasteiger partial charge on any atom is 0.0681 e. The van der Waals surface area contributed by atoms with E-state index in [1.165, 1.54) is 37.9 Å². The monoisotopic (exact) mass is 241 g/mol. The van der Waals surface area contributed by atoms with Crippen molar-refractivity contribution in [2.24, 2.45) is 11.3 Å². The fourth-order valence-electron chi connectivity index (χ4n) is 3.52. The Hall–Kier alpha value is 0.310. The summed E-state index contributed by atoms with van der Waals surface area (Å²) >= 11 is 2.22. The molecule has 3 atom stereocenters. The van der Waals surface area contributed by atoms with Gasteiger partial charge in [0, 0.05) is 11.8 Å². The normalized spacial score (nSPS) is 40.5. The van der Waals surface area contributed by atoms with Gasteiger partial charge < -0.3 is 0 Å². The summed E-state index contributed by atoms with van der Waals surface area (Å²) in [7, 11) is 0. The summed E-state index contributed by atoms with van der Waals surface area (Å²) in [5, 5.41) is 3.98. The third-order valence-electron chi connectivity index (χ3n) is 4.38. The van der Waals surface area contributed by atoms with Crippen LogP contribution in [0.3, 0.4) is 0 Å². The Morgan fingerprint density at radius 2 is 2.06 bits per heavy atom. The SMILES string of the molecule is CCC1CSC2(CCCCC2C(C)(C)C)N1. The van der Waals surface area contributed by atoms with E-state index in [4.69, 9.17) is 0 Å². The Bertz CT molecular complexity index is 246. The molecule has 2 fully saturated rings. The van der Waals surface area contributed by atoms with E-state index in [0.717, 1.165) is 12.0 Å². The lowest BCUT2D eigenvalue weighted by molar-refractivity contribution is 0.110. The highest BCUT2D eigenvalue weighted by Crippen LogP contribution is 2.52. The average Bonchev–Trinajstić information content (AvgIpc) is 2.61. The Kier molecular flexibility index (Phi) is 3.61. The largest absolute Gasteiger partial charge is 0.299 e. The molecule has 1 saturated carbocycles. The first kappa shape index (κ1) is 12.8. The average molecular weight is 241 g/mol. The second kappa shape index (κ2) is 4.53. The van der Waals surface area contributed by atoms with E-state index in [0.29, 0.717) is 10.3 Å². The second-order valence-corrected chi connectivity index (χ2v) is 7.96. The molecule has 1 heterocycles. The zero-order chi connectivity index (χ0) is 11.8. The molecular weight excluding hydrogens is 214 g/mol. The first-order chi connectivity index (χ1) is 7.48. The molecular formula is C14H27NS. The van der Waals surface area contributed by atoms with Gasteiger partial charge in [0.2, 0.25) is 0 Å². The van der Waals surface area contributed by atoms with Crippen LogP contribution >= 0.6 is 11.8 Å². The first-order valence-electron chi connectivity index (χ1n) is 6.89. The highest BCUT2D eigenvalue weighted by atomic mass is 32.2. The molecule has 3 unspecified atom stereocenters. The van der Waals surface area contributed by atoms with Crippen LogP contribution in [0.15, 0.2) is 0 Å². The van der Waals surface area contributed by atoms with Crippen molar-refractivity contribution < 1.29 is 0 Å². The van der Waals surface area contributed by atoms with Gasteiger partial charge in [0.25, 0.3) is 0 Å². The van der Waals surface area contributed by atoms with E-state index in [1.807, 2.05) is 0 Å². The summed E-state index contributed by atoms with van der Waals surface area (Å²) in [5.41, 5.74) is 0.447. The Balaban J connectivity index is 2.16. The van der Waals surface area contributed by atoms with Crippen LogP contribution in [-0.2, 0) is 0 Å². The molecule has 1 spiro atoms. The number of nitrogens with one attached hydrogen (secondary N) is 1. The second-order valence-electron chi connectivity index (χ2n) is 6.61. The molecule has 1 nitrogen and oxygen atoms in total. The molecule has 1 aliphatic heterocycles. The fraction of sp³-hybridized carbons (Fsp3) is 1.00. The number of rotatable bonds is 1. The Morgan fingerprint density at radius 1 is 1.31 bits per heavy atom.